The molecule has 0 aliphatic carbocycles. The Hall–Kier alpha value is -3.03. The number of methoxy groups -OCH3 is 1. The summed E-state index contributed by atoms with van der Waals surface area (Å²) in [5.41, 5.74) is 1.36. The van der Waals surface area contributed by atoms with Gasteiger partial charge in [0.15, 0.2) is 0 Å². The first-order chi connectivity index (χ1) is 14.7. The highest BCUT2D eigenvalue weighted by Crippen LogP contribution is 2.36. The van der Waals surface area contributed by atoms with Gasteiger partial charge in [0.05, 0.1) is 29.3 Å². The van der Waals surface area contributed by atoms with Gasteiger partial charge in [0.1, 0.15) is 16.9 Å². The molecule has 0 saturated carbocycles. The van der Waals surface area contributed by atoms with Crippen molar-refractivity contribution in [2.45, 2.75) is 31.3 Å². The first-order valence-corrected chi connectivity index (χ1v) is 11.4. The van der Waals surface area contributed by atoms with Crippen molar-refractivity contribution in [1.29, 1.82) is 0 Å². The van der Waals surface area contributed by atoms with E-state index in [4.69, 9.17) is 13.9 Å². The van der Waals surface area contributed by atoms with E-state index in [2.05, 4.69) is 4.72 Å². The van der Waals surface area contributed by atoms with E-state index in [-0.39, 0.29) is 5.56 Å². The molecule has 0 saturated heterocycles. The second-order valence-electron chi connectivity index (χ2n) is 7.86. The quantitative estimate of drug-likeness (QED) is 0.449. The lowest BCUT2D eigenvalue weighted by atomic mass is 9.99. The molecule has 6 nitrogen and oxygen atoms in total. The fourth-order valence-corrected chi connectivity index (χ4v) is 4.74. The van der Waals surface area contributed by atoms with Crippen LogP contribution >= 0.6 is 0 Å². The fraction of sp³-hybridized carbons (Fsp3) is 0.250. The summed E-state index contributed by atoms with van der Waals surface area (Å²) in [6.07, 6.45) is 3.12. The van der Waals surface area contributed by atoms with Crippen molar-refractivity contribution in [2.75, 3.05) is 14.2 Å². The summed E-state index contributed by atoms with van der Waals surface area (Å²) in [7, 11) is 0.303. The van der Waals surface area contributed by atoms with Gasteiger partial charge in [0.2, 0.25) is 0 Å². The molecule has 1 heterocycles. The maximum absolute atomic E-state index is 13.7. The molecule has 0 radical (unpaired) electrons. The Bertz CT molecular complexity index is 1170. The lowest BCUT2D eigenvalue weighted by Gasteiger charge is -2.22. The van der Waals surface area contributed by atoms with Crippen molar-refractivity contribution in [3.8, 4) is 16.9 Å². The average molecular weight is 442 g/mol. The van der Waals surface area contributed by atoms with E-state index < -0.39 is 21.3 Å². The number of esters is 1. The lowest BCUT2D eigenvalue weighted by molar-refractivity contribution is 0.00665. The van der Waals surface area contributed by atoms with Crippen LogP contribution in [0.15, 0.2) is 70.4 Å². The summed E-state index contributed by atoms with van der Waals surface area (Å²) in [6.45, 7) is 5.38. The molecule has 164 valence electrons. The SMILES string of the molecule is CNS(=O)(=Cc1ccc(-c2ccoc2)c(OC)c1C(=O)OC(C)(C)C)c1ccccc1. The number of furan rings is 1. The molecule has 0 spiro atoms. The van der Waals surface area contributed by atoms with Crippen LogP contribution in [-0.4, -0.2) is 35.3 Å². The second-order valence-corrected chi connectivity index (χ2v) is 10.2. The van der Waals surface area contributed by atoms with Crippen LogP contribution in [-0.2, 0) is 14.4 Å². The largest absolute Gasteiger partial charge is 0.495 e. The highest BCUT2D eigenvalue weighted by Gasteiger charge is 2.27. The highest BCUT2D eigenvalue weighted by molar-refractivity contribution is 7.99. The van der Waals surface area contributed by atoms with Crippen molar-refractivity contribution < 1.29 is 22.9 Å². The molecular formula is C24H27NO5S. The van der Waals surface area contributed by atoms with Gasteiger partial charge in [-0.25, -0.2) is 13.7 Å². The topological polar surface area (TPSA) is 77.8 Å². The van der Waals surface area contributed by atoms with Crippen molar-refractivity contribution in [1.82, 2.24) is 4.72 Å². The van der Waals surface area contributed by atoms with E-state index in [0.29, 0.717) is 21.8 Å². The molecule has 1 atom stereocenters. The molecule has 3 aromatic rings. The Labute approximate surface area is 183 Å². The third-order valence-corrected chi connectivity index (χ3v) is 6.68. The molecule has 2 aromatic carbocycles. The molecule has 1 N–H and O–H groups in total. The van der Waals surface area contributed by atoms with Gasteiger partial charge in [-0.2, -0.15) is 0 Å². The fourth-order valence-electron chi connectivity index (χ4n) is 3.14. The van der Waals surface area contributed by atoms with Crippen molar-refractivity contribution in [3.05, 3.63) is 72.2 Å². The van der Waals surface area contributed by atoms with Crippen LogP contribution in [0, 0.1) is 0 Å². The van der Waals surface area contributed by atoms with Crippen molar-refractivity contribution in [2.24, 2.45) is 0 Å². The minimum absolute atomic E-state index is 0.204. The molecule has 1 aromatic heterocycles. The molecule has 31 heavy (non-hydrogen) atoms. The maximum atomic E-state index is 13.7. The standard InChI is InChI=1S/C24H27NO5S/c1-24(2,3)30-23(26)21-18(16-31(27,25-4)19-9-7-6-8-10-19)11-12-20(22(21)28-5)17-13-14-29-15-17/h6-16H,1-5H3,(H,25,27). The average Bonchev–Trinajstić information content (AvgIpc) is 3.27. The summed E-state index contributed by atoms with van der Waals surface area (Å²) in [4.78, 5) is 13.8. The van der Waals surface area contributed by atoms with Gasteiger partial charge in [-0.3, -0.25) is 0 Å². The summed E-state index contributed by atoms with van der Waals surface area (Å²) >= 11 is 0. The van der Waals surface area contributed by atoms with Gasteiger partial charge in [0.25, 0.3) is 0 Å². The molecule has 7 heteroatoms. The predicted molar refractivity (Wildman–Crippen MR) is 123 cm³/mol. The number of carbonyl (C=O) groups excluding carboxylic acids is 1. The lowest BCUT2D eigenvalue weighted by Crippen LogP contribution is -2.26. The van der Waals surface area contributed by atoms with Crippen LogP contribution in [0.5, 0.6) is 5.75 Å². The minimum Gasteiger partial charge on any atom is -0.495 e. The molecule has 0 fully saturated rings. The third-order valence-electron chi connectivity index (χ3n) is 4.52. The Morgan fingerprint density at radius 2 is 1.81 bits per heavy atom. The Kier molecular flexibility index (Phi) is 6.57. The number of hydrogen-bond donors (Lipinski definition) is 1. The number of ether oxygens (including phenoxy) is 2. The zero-order valence-electron chi connectivity index (χ0n) is 18.3. The van der Waals surface area contributed by atoms with Gasteiger partial charge in [-0.05, 0) is 52.1 Å². The minimum atomic E-state index is -2.81. The number of nitrogens with one attached hydrogen (secondary N) is 1. The molecule has 1 unspecified atom stereocenters. The second kappa shape index (κ2) is 8.99. The number of rotatable bonds is 6. The Morgan fingerprint density at radius 3 is 2.35 bits per heavy atom. The molecule has 0 aliphatic heterocycles. The summed E-state index contributed by atoms with van der Waals surface area (Å²) in [6, 6.07) is 14.4. The smallest absolute Gasteiger partial charge is 0.343 e. The number of carbonyl (C=O) groups is 1. The van der Waals surface area contributed by atoms with Crippen LogP contribution in [0.1, 0.15) is 36.7 Å². The summed E-state index contributed by atoms with van der Waals surface area (Å²) in [5, 5.41) is 1.56. The van der Waals surface area contributed by atoms with Crippen LogP contribution in [0.3, 0.4) is 0 Å². The normalized spacial score (nSPS) is 13.3. The van der Waals surface area contributed by atoms with E-state index in [0.717, 1.165) is 5.56 Å². The van der Waals surface area contributed by atoms with Crippen LogP contribution in [0.2, 0.25) is 0 Å². The first kappa shape index (κ1) is 22.7. The van der Waals surface area contributed by atoms with E-state index in [1.807, 2.05) is 24.3 Å². The van der Waals surface area contributed by atoms with E-state index >= 15 is 0 Å². The zero-order chi connectivity index (χ0) is 22.6. The van der Waals surface area contributed by atoms with Gasteiger partial charge in [-0.15, -0.1) is 0 Å². The van der Waals surface area contributed by atoms with Gasteiger partial charge < -0.3 is 13.9 Å². The number of hydrogen-bond acceptors (Lipinski definition) is 5. The maximum Gasteiger partial charge on any atom is 0.343 e. The predicted octanol–water partition coefficient (Wildman–Crippen LogP) is 4.54. The van der Waals surface area contributed by atoms with E-state index in [9.17, 15) is 9.00 Å². The third kappa shape index (κ3) is 5.00. The van der Waals surface area contributed by atoms with Crippen molar-refractivity contribution >= 4 is 21.0 Å². The van der Waals surface area contributed by atoms with E-state index in [1.165, 1.54) is 7.11 Å². The highest BCUT2D eigenvalue weighted by atomic mass is 32.2. The van der Waals surface area contributed by atoms with Gasteiger partial charge in [-0.1, -0.05) is 24.3 Å². The summed E-state index contributed by atoms with van der Waals surface area (Å²) < 4.78 is 33.1. The monoisotopic (exact) mass is 441 g/mol. The summed E-state index contributed by atoms with van der Waals surface area (Å²) in [5.74, 6) is -0.234. The van der Waals surface area contributed by atoms with Crippen LogP contribution in [0.25, 0.3) is 11.1 Å². The molecule has 0 amide bonds. The van der Waals surface area contributed by atoms with Crippen LogP contribution in [0.4, 0.5) is 0 Å². The molecular weight excluding hydrogens is 414 g/mol. The Morgan fingerprint density at radius 1 is 1.10 bits per heavy atom. The molecule has 0 aliphatic rings. The van der Waals surface area contributed by atoms with Crippen LogP contribution < -0.4 is 9.46 Å². The number of benzene rings is 2. The van der Waals surface area contributed by atoms with Crippen molar-refractivity contribution in [3.63, 3.8) is 0 Å². The zero-order valence-corrected chi connectivity index (χ0v) is 19.1. The molecule has 0 bridgehead atoms. The Balaban J connectivity index is 2.29. The van der Waals surface area contributed by atoms with Gasteiger partial charge >= 0.3 is 5.97 Å². The molecule has 3 rings (SSSR count). The van der Waals surface area contributed by atoms with E-state index in [1.54, 1.807) is 70.0 Å². The first-order valence-electron chi connectivity index (χ1n) is 9.78. The van der Waals surface area contributed by atoms with Gasteiger partial charge in [0, 0.05) is 27.0 Å².